The Balaban J connectivity index is 1.67. The van der Waals surface area contributed by atoms with Crippen LogP contribution in [0.1, 0.15) is 31.9 Å². The summed E-state index contributed by atoms with van der Waals surface area (Å²) >= 11 is 1.68. The first-order chi connectivity index (χ1) is 7.85. The molecule has 3 nitrogen and oxygen atoms in total. The molecule has 2 rings (SSSR count). The van der Waals surface area contributed by atoms with Gasteiger partial charge in [-0.1, -0.05) is 6.92 Å². The summed E-state index contributed by atoms with van der Waals surface area (Å²) in [5.74, 6) is 0. The van der Waals surface area contributed by atoms with Gasteiger partial charge in [0.15, 0.2) is 0 Å². The molecule has 0 spiro atoms. The molecule has 1 unspecified atom stereocenters. The fraction of sp³-hybridized carbons (Fsp3) is 0.750. The third kappa shape index (κ3) is 3.03. The van der Waals surface area contributed by atoms with Gasteiger partial charge in [0.05, 0.1) is 11.2 Å². The zero-order valence-corrected chi connectivity index (χ0v) is 10.8. The first kappa shape index (κ1) is 12.0. The largest absolute Gasteiger partial charge is 0.315 e. The zero-order chi connectivity index (χ0) is 11.3. The molecule has 0 saturated carbocycles. The van der Waals surface area contributed by atoms with Gasteiger partial charge in [0.25, 0.3) is 0 Å². The van der Waals surface area contributed by atoms with Crippen molar-refractivity contribution < 1.29 is 0 Å². The van der Waals surface area contributed by atoms with Gasteiger partial charge in [0, 0.05) is 30.4 Å². The Labute approximate surface area is 102 Å². The molecule has 1 saturated heterocycles. The maximum atomic E-state index is 4.29. The molecule has 2 heterocycles. The van der Waals surface area contributed by atoms with Gasteiger partial charge < -0.3 is 10.6 Å². The van der Waals surface area contributed by atoms with Crippen molar-refractivity contribution in [3.05, 3.63) is 16.6 Å². The molecule has 0 aliphatic carbocycles. The van der Waals surface area contributed by atoms with E-state index in [-0.39, 0.29) is 0 Å². The Morgan fingerprint density at radius 3 is 3.19 bits per heavy atom. The van der Waals surface area contributed by atoms with E-state index in [1.165, 1.54) is 31.5 Å². The summed E-state index contributed by atoms with van der Waals surface area (Å²) in [6.45, 7) is 5.59. The summed E-state index contributed by atoms with van der Waals surface area (Å²) in [6, 6.07) is 0. The van der Waals surface area contributed by atoms with Crippen molar-refractivity contribution in [3.63, 3.8) is 0 Å². The smallest absolute Gasteiger partial charge is 0.0794 e. The molecule has 1 fully saturated rings. The number of nitrogens with zero attached hydrogens (tertiary/aromatic N) is 1. The van der Waals surface area contributed by atoms with Gasteiger partial charge in [-0.15, -0.1) is 11.3 Å². The lowest BCUT2D eigenvalue weighted by Gasteiger charge is -2.28. The van der Waals surface area contributed by atoms with Crippen LogP contribution in [0.3, 0.4) is 0 Å². The first-order valence-corrected chi connectivity index (χ1v) is 7.12. The lowest BCUT2D eigenvalue weighted by atomic mass is 9.94. The highest BCUT2D eigenvalue weighted by molar-refractivity contribution is 7.07. The summed E-state index contributed by atoms with van der Waals surface area (Å²) in [5, 5.41) is 9.33. The Hall–Kier alpha value is -0.450. The molecule has 0 aromatic carbocycles. The van der Waals surface area contributed by atoms with Gasteiger partial charge in [0.1, 0.15) is 0 Å². The summed E-state index contributed by atoms with van der Waals surface area (Å²) < 4.78 is 0. The van der Waals surface area contributed by atoms with E-state index in [2.05, 4.69) is 27.9 Å². The second-order valence-electron chi connectivity index (χ2n) is 4.57. The molecule has 1 aliphatic heterocycles. The van der Waals surface area contributed by atoms with Crippen LogP contribution in [0.25, 0.3) is 0 Å². The monoisotopic (exact) mass is 239 g/mol. The van der Waals surface area contributed by atoms with Crippen molar-refractivity contribution in [2.45, 2.75) is 38.1 Å². The molecule has 1 aliphatic rings. The number of hydrogen-bond donors (Lipinski definition) is 2. The molecular formula is C12H21N3S. The first-order valence-electron chi connectivity index (χ1n) is 6.17. The molecule has 4 heteroatoms. The second-order valence-corrected chi connectivity index (χ2v) is 5.29. The minimum atomic E-state index is 0.363. The van der Waals surface area contributed by atoms with E-state index in [9.17, 15) is 0 Å². The van der Waals surface area contributed by atoms with Crippen LogP contribution in [0.4, 0.5) is 0 Å². The molecule has 16 heavy (non-hydrogen) atoms. The maximum Gasteiger partial charge on any atom is 0.0794 e. The van der Waals surface area contributed by atoms with Gasteiger partial charge in [-0.25, -0.2) is 4.98 Å². The minimum Gasteiger partial charge on any atom is -0.315 e. The maximum absolute atomic E-state index is 4.29. The van der Waals surface area contributed by atoms with Crippen LogP contribution in [0.5, 0.6) is 0 Å². The molecule has 90 valence electrons. The number of rotatable bonds is 6. The quantitative estimate of drug-likeness (QED) is 0.743. The SMILES string of the molecule is CCC1(CNCCc2cscn2)CCCN1. The lowest BCUT2D eigenvalue weighted by molar-refractivity contribution is 0.341. The van der Waals surface area contributed by atoms with E-state index in [4.69, 9.17) is 0 Å². The molecule has 0 radical (unpaired) electrons. The van der Waals surface area contributed by atoms with Gasteiger partial charge >= 0.3 is 0 Å². The van der Waals surface area contributed by atoms with Crippen LogP contribution in [-0.4, -0.2) is 30.2 Å². The van der Waals surface area contributed by atoms with Gasteiger partial charge in [0.2, 0.25) is 0 Å². The molecular weight excluding hydrogens is 218 g/mol. The fourth-order valence-electron chi connectivity index (χ4n) is 2.35. The second kappa shape index (κ2) is 5.75. The van der Waals surface area contributed by atoms with Crippen LogP contribution in [0.2, 0.25) is 0 Å². The van der Waals surface area contributed by atoms with Crippen molar-refractivity contribution in [2.75, 3.05) is 19.6 Å². The van der Waals surface area contributed by atoms with Gasteiger partial charge in [-0.2, -0.15) is 0 Å². The molecule has 0 amide bonds. The van der Waals surface area contributed by atoms with Crippen molar-refractivity contribution in [2.24, 2.45) is 0 Å². The van der Waals surface area contributed by atoms with Crippen molar-refractivity contribution in [3.8, 4) is 0 Å². The van der Waals surface area contributed by atoms with E-state index < -0.39 is 0 Å². The summed E-state index contributed by atoms with van der Waals surface area (Å²) in [5.41, 5.74) is 3.48. The summed E-state index contributed by atoms with van der Waals surface area (Å²) in [7, 11) is 0. The lowest BCUT2D eigenvalue weighted by Crippen LogP contribution is -2.48. The van der Waals surface area contributed by atoms with Gasteiger partial charge in [-0.3, -0.25) is 0 Å². The molecule has 0 bridgehead atoms. The number of nitrogens with one attached hydrogen (secondary N) is 2. The van der Waals surface area contributed by atoms with Crippen LogP contribution < -0.4 is 10.6 Å². The minimum absolute atomic E-state index is 0.363. The van der Waals surface area contributed by atoms with Crippen molar-refractivity contribution in [1.29, 1.82) is 0 Å². The van der Waals surface area contributed by atoms with E-state index in [1.807, 2.05) is 5.51 Å². The predicted octanol–water partition coefficient (Wildman–Crippen LogP) is 1.81. The molecule has 2 N–H and O–H groups in total. The van der Waals surface area contributed by atoms with Crippen molar-refractivity contribution in [1.82, 2.24) is 15.6 Å². The fourth-order valence-corrected chi connectivity index (χ4v) is 2.94. The molecule has 1 aromatic rings. The van der Waals surface area contributed by atoms with Crippen LogP contribution in [0, 0.1) is 0 Å². The summed E-state index contributed by atoms with van der Waals surface area (Å²) in [4.78, 5) is 4.29. The highest BCUT2D eigenvalue weighted by atomic mass is 32.1. The Morgan fingerprint density at radius 1 is 1.62 bits per heavy atom. The molecule has 1 aromatic heterocycles. The van der Waals surface area contributed by atoms with Crippen molar-refractivity contribution >= 4 is 11.3 Å². The Bertz CT molecular complexity index is 291. The average Bonchev–Trinajstić information content (AvgIpc) is 2.97. The average molecular weight is 239 g/mol. The highest BCUT2D eigenvalue weighted by Crippen LogP contribution is 2.21. The van der Waals surface area contributed by atoms with Crippen LogP contribution >= 0.6 is 11.3 Å². The third-order valence-electron chi connectivity index (χ3n) is 3.51. The third-order valence-corrected chi connectivity index (χ3v) is 4.15. The van der Waals surface area contributed by atoms with E-state index in [0.717, 1.165) is 19.5 Å². The number of aromatic nitrogens is 1. The van der Waals surface area contributed by atoms with Crippen LogP contribution in [-0.2, 0) is 6.42 Å². The predicted molar refractivity (Wildman–Crippen MR) is 68.9 cm³/mol. The highest BCUT2D eigenvalue weighted by Gasteiger charge is 2.30. The Morgan fingerprint density at radius 2 is 2.56 bits per heavy atom. The van der Waals surface area contributed by atoms with Crippen LogP contribution in [0.15, 0.2) is 10.9 Å². The van der Waals surface area contributed by atoms with E-state index in [1.54, 1.807) is 11.3 Å². The Kier molecular flexibility index (Phi) is 4.32. The standard InChI is InChI=1S/C12H21N3S/c1-2-12(5-3-6-15-12)9-13-7-4-11-8-16-10-14-11/h8,10,13,15H,2-7,9H2,1H3. The number of thiazole rings is 1. The normalized spacial score (nSPS) is 25.1. The summed E-state index contributed by atoms with van der Waals surface area (Å²) in [6.07, 6.45) is 4.90. The molecule has 1 atom stereocenters. The van der Waals surface area contributed by atoms with E-state index in [0.29, 0.717) is 5.54 Å². The van der Waals surface area contributed by atoms with E-state index >= 15 is 0 Å². The zero-order valence-electron chi connectivity index (χ0n) is 9.96. The van der Waals surface area contributed by atoms with Gasteiger partial charge in [-0.05, 0) is 25.8 Å². The topological polar surface area (TPSA) is 37.0 Å². The number of hydrogen-bond acceptors (Lipinski definition) is 4.